The van der Waals surface area contributed by atoms with Gasteiger partial charge in [-0.05, 0) is 36.4 Å². The zero-order valence-electron chi connectivity index (χ0n) is 10.8. The summed E-state index contributed by atoms with van der Waals surface area (Å²) >= 11 is 0. The molecule has 0 atom stereocenters. The van der Waals surface area contributed by atoms with Gasteiger partial charge in [0, 0.05) is 17.3 Å². The largest absolute Gasteiger partial charge is 0.508 e. The van der Waals surface area contributed by atoms with Gasteiger partial charge in [0.2, 0.25) is 0 Å². The van der Waals surface area contributed by atoms with Crippen LogP contribution in [0, 0.1) is 0 Å². The van der Waals surface area contributed by atoms with E-state index in [0.717, 1.165) is 11.3 Å². The van der Waals surface area contributed by atoms with Gasteiger partial charge >= 0.3 is 5.97 Å². The molecular formula is C15H11N3O3. The molecule has 0 unspecified atom stereocenters. The first kappa shape index (κ1) is 12.9. The molecule has 3 rings (SSSR count). The normalized spacial score (nSPS) is 10.5. The molecule has 3 aromatic rings. The molecule has 0 bridgehead atoms. The minimum atomic E-state index is -1.05. The third-order valence-corrected chi connectivity index (χ3v) is 3.01. The molecule has 0 amide bonds. The zero-order chi connectivity index (χ0) is 14.8. The number of carboxylic acid groups (broad SMARTS) is 1. The van der Waals surface area contributed by atoms with Crippen molar-refractivity contribution in [3.8, 4) is 28.4 Å². The van der Waals surface area contributed by atoms with Crippen molar-refractivity contribution in [3.63, 3.8) is 0 Å². The summed E-state index contributed by atoms with van der Waals surface area (Å²) in [5.41, 5.74) is 2.37. The number of imidazole rings is 1. The lowest BCUT2D eigenvalue weighted by atomic mass is 10.1. The molecule has 0 saturated carbocycles. The molecule has 21 heavy (non-hydrogen) atoms. The first-order valence-corrected chi connectivity index (χ1v) is 6.17. The maximum atomic E-state index is 10.8. The number of hydrogen-bond acceptors (Lipinski definition) is 4. The Hall–Kier alpha value is -3.15. The number of aromatic nitrogens is 3. The lowest BCUT2D eigenvalue weighted by Gasteiger charge is -2.02. The van der Waals surface area contributed by atoms with E-state index in [1.54, 1.807) is 36.5 Å². The Kier molecular flexibility index (Phi) is 3.12. The Balaban J connectivity index is 1.89. The van der Waals surface area contributed by atoms with Gasteiger partial charge in [0.05, 0.1) is 11.9 Å². The average Bonchev–Trinajstić information content (AvgIpc) is 2.98. The van der Waals surface area contributed by atoms with Crippen molar-refractivity contribution in [1.82, 2.24) is 15.0 Å². The molecule has 1 aromatic carbocycles. The van der Waals surface area contributed by atoms with Crippen LogP contribution in [0.4, 0.5) is 0 Å². The van der Waals surface area contributed by atoms with Crippen molar-refractivity contribution < 1.29 is 15.0 Å². The Labute approximate surface area is 119 Å². The molecule has 0 aliphatic carbocycles. The van der Waals surface area contributed by atoms with Crippen LogP contribution in [0.1, 0.15) is 10.5 Å². The van der Waals surface area contributed by atoms with Crippen LogP contribution in [-0.2, 0) is 0 Å². The van der Waals surface area contributed by atoms with Gasteiger partial charge in [-0.2, -0.15) is 0 Å². The van der Waals surface area contributed by atoms with Crippen LogP contribution in [-0.4, -0.2) is 31.1 Å². The molecule has 6 heteroatoms. The number of aromatic amines is 1. The van der Waals surface area contributed by atoms with E-state index in [-0.39, 0.29) is 11.4 Å². The minimum absolute atomic E-state index is 0.0348. The third-order valence-electron chi connectivity index (χ3n) is 3.01. The van der Waals surface area contributed by atoms with Gasteiger partial charge in [0.15, 0.2) is 0 Å². The van der Waals surface area contributed by atoms with E-state index in [4.69, 9.17) is 5.11 Å². The van der Waals surface area contributed by atoms with Crippen LogP contribution in [0.5, 0.6) is 5.75 Å². The topological polar surface area (TPSA) is 99.1 Å². The summed E-state index contributed by atoms with van der Waals surface area (Å²) in [7, 11) is 0. The fourth-order valence-corrected chi connectivity index (χ4v) is 1.91. The Morgan fingerprint density at radius 2 is 1.67 bits per heavy atom. The molecule has 0 aliphatic heterocycles. The van der Waals surface area contributed by atoms with E-state index < -0.39 is 5.97 Å². The first-order valence-electron chi connectivity index (χ1n) is 6.17. The lowest BCUT2D eigenvalue weighted by molar-refractivity contribution is 0.0691. The second-order valence-electron chi connectivity index (χ2n) is 4.43. The van der Waals surface area contributed by atoms with E-state index in [2.05, 4.69) is 15.0 Å². The number of carbonyl (C=O) groups is 1. The second kappa shape index (κ2) is 5.09. The summed E-state index contributed by atoms with van der Waals surface area (Å²) < 4.78 is 0. The number of benzene rings is 1. The molecule has 0 fully saturated rings. The van der Waals surface area contributed by atoms with Crippen LogP contribution in [0.15, 0.2) is 48.8 Å². The molecular weight excluding hydrogens is 270 g/mol. The van der Waals surface area contributed by atoms with Crippen molar-refractivity contribution in [2.75, 3.05) is 0 Å². The predicted molar refractivity (Wildman–Crippen MR) is 75.9 cm³/mol. The third kappa shape index (κ3) is 2.59. The van der Waals surface area contributed by atoms with Gasteiger partial charge in [0.1, 0.15) is 17.3 Å². The van der Waals surface area contributed by atoms with Gasteiger partial charge in [-0.25, -0.2) is 9.78 Å². The second-order valence-corrected chi connectivity index (χ2v) is 4.43. The van der Waals surface area contributed by atoms with Crippen molar-refractivity contribution in [1.29, 1.82) is 0 Å². The highest BCUT2D eigenvalue weighted by atomic mass is 16.4. The average molecular weight is 281 g/mol. The number of phenolic OH excluding ortho intramolecular Hbond substituents is 1. The Morgan fingerprint density at radius 1 is 0.952 bits per heavy atom. The number of nitrogens with zero attached hydrogens (tertiary/aromatic N) is 2. The van der Waals surface area contributed by atoms with Crippen LogP contribution in [0.3, 0.4) is 0 Å². The monoisotopic (exact) mass is 281 g/mol. The van der Waals surface area contributed by atoms with Crippen molar-refractivity contribution in [2.24, 2.45) is 0 Å². The highest BCUT2D eigenvalue weighted by Gasteiger charge is 2.09. The number of phenols is 1. The Morgan fingerprint density at radius 3 is 2.24 bits per heavy atom. The summed E-state index contributed by atoms with van der Waals surface area (Å²) in [6.07, 6.45) is 2.89. The minimum Gasteiger partial charge on any atom is -0.508 e. The molecule has 3 N–H and O–H groups in total. The van der Waals surface area contributed by atoms with Crippen molar-refractivity contribution >= 4 is 5.97 Å². The van der Waals surface area contributed by atoms with Crippen molar-refractivity contribution in [2.45, 2.75) is 0 Å². The number of rotatable bonds is 3. The fraction of sp³-hybridized carbons (Fsp3) is 0. The molecule has 2 heterocycles. The maximum Gasteiger partial charge on any atom is 0.353 e. The predicted octanol–water partition coefficient (Wildman–Crippen LogP) is 2.54. The lowest BCUT2D eigenvalue weighted by Crippen LogP contribution is -1.95. The summed E-state index contributed by atoms with van der Waals surface area (Å²) in [5.74, 6) is -0.397. The number of carboxylic acids is 1. The van der Waals surface area contributed by atoms with Gasteiger partial charge in [-0.3, -0.25) is 4.98 Å². The molecule has 6 nitrogen and oxygen atoms in total. The number of H-pyrrole nitrogens is 1. The molecule has 2 aromatic heterocycles. The Bertz CT molecular complexity index is 777. The molecule has 0 radical (unpaired) electrons. The van der Waals surface area contributed by atoms with Gasteiger partial charge in [0.25, 0.3) is 0 Å². The van der Waals surface area contributed by atoms with Crippen LogP contribution in [0.2, 0.25) is 0 Å². The molecule has 0 aliphatic rings. The van der Waals surface area contributed by atoms with E-state index in [0.29, 0.717) is 11.4 Å². The number of aromatic carboxylic acids is 1. The fourth-order valence-electron chi connectivity index (χ4n) is 1.91. The van der Waals surface area contributed by atoms with E-state index in [9.17, 15) is 9.90 Å². The van der Waals surface area contributed by atoms with Crippen LogP contribution in [0.25, 0.3) is 22.6 Å². The zero-order valence-corrected chi connectivity index (χ0v) is 10.8. The van der Waals surface area contributed by atoms with E-state index in [1.807, 2.05) is 6.07 Å². The van der Waals surface area contributed by atoms with Crippen LogP contribution >= 0.6 is 0 Å². The summed E-state index contributed by atoms with van der Waals surface area (Å²) in [6, 6.07) is 10.3. The highest BCUT2D eigenvalue weighted by Crippen LogP contribution is 2.22. The number of pyridine rings is 1. The maximum absolute atomic E-state index is 10.8. The van der Waals surface area contributed by atoms with E-state index >= 15 is 0 Å². The van der Waals surface area contributed by atoms with Crippen LogP contribution < -0.4 is 0 Å². The summed E-state index contributed by atoms with van der Waals surface area (Å²) in [6.45, 7) is 0. The number of aromatic hydroxyl groups is 1. The first-order chi connectivity index (χ1) is 10.1. The van der Waals surface area contributed by atoms with Crippen molar-refractivity contribution in [3.05, 3.63) is 54.5 Å². The number of nitrogens with one attached hydrogen (secondary N) is 1. The molecule has 0 spiro atoms. The van der Waals surface area contributed by atoms with E-state index in [1.165, 1.54) is 6.20 Å². The van der Waals surface area contributed by atoms with Gasteiger partial charge in [-0.1, -0.05) is 0 Å². The smallest absolute Gasteiger partial charge is 0.353 e. The molecule has 104 valence electrons. The SMILES string of the molecule is O=C(O)c1cnc(-c2ccc(-c3ccc(O)cc3)nc2)[nH]1. The standard InChI is InChI=1S/C15H11N3O3/c19-11-4-1-9(2-5-11)12-6-3-10(7-16-12)14-17-8-13(18-14)15(20)21/h1-8,19H,(H,17,18)(H,20,21). The molecule has 0 saturated heterocycles. The summed E-state index contributed by atoms with van der Waals surface area (Å²) in [5, 5.41) is 18.1. The number of hydrogen-bond donors (Lipinski definition) is 3. The highest BCUT2D eigenvalue weighted by molar-refractivity contribution is 5.85. The summed E-state index contributed by atoms with van der Waals surface area (Å²) in [4.78, 5) is 21.8. The van der Waals surface area contributed by atoms with Gasteiger partial charge in [-0.15, -0.1) is 0 Å². The quantitative estimate of drug-likeness (QED) is 0.685. The van der Waals surface area contributed by atoms with Gasteiger partial charge < -0.3 is 15.2 Å².